The molecule has 0 aliphatic rings. The Morgan fingerprint density at radius 3 is 2.71 bits per heavy atom. The first-order chi connectivity index (χ1) is 9.88. The topological polar surface area (TPSA) is 76.2 Å². The normalized spacial score (nSPS) is 10.2. The van der Waals surface area contributed by atoms with Crippen molar-refractivity contribution in [3.8, 4) is 0 Å². The quantitative estimate of drug-likeness (QED) is 0.645. The summed E-state index contributed by atoms with van der Waals surface area (Å²) in [6, 6.07) is 6.72. The third-order valence-electron chi connectivity index (χ3n) is 2.50. The van der Waals surface area contributed by atoms with E-state index >= 15 is 0 Å². The number of benzene rings is 1. The van der Waals surface area contributed by atoms with Gasteiger partial charge in [-0.2, -0.15) is 5.10 Å². The van der Waals surface area contributed by atoms with Gasteiger partial charge in [-0.1, -0.05) is 29.3 Å². The van der Waals surface area contributed by atoms with Gasteiger partial charge >= 0.3 is 0 Å². The molecule has 2 aromatic rings. The Hall–Kier alpha value is -1.83. The van der Waals surface area contributed by atoms with Crippen LogP contribution in [0.15, 0.2) is 30.5 Å². The van der Waals surface area contributed by atoms with E-state index < -0.39 is 5.91 Å². The van der Waals surface area contributed by atoms with Gasteiger partial charge in [0, 0.05) is 18.3 Å². The number of nitrogens with two attached hydrogens (primary N) is 1. The van der Waals surface area contributed by atoms with Crippen molar-refractivity contribution in [2.45, 2.75) is 0 Å². The number of carbonyl (C=O) groups excluding carboxylic acids is 1. The third kappa shape index (κ3) is 3.63. The van der Waals surface area contributed by atoms with Crippen LogP contribution >= 0.6 is 35.4 Å². The first kappa shape index (κ1) is 15.6. The number of carbonyl (C=O) groups is 1. The molecule has 0 atom stereocenters. The number of halogens is 2. The summed E-state index contributed by atoms with van der Waals surface area (Å²) in [5, 5.41) is 5.87. The molecular formula is C12H11Cl2N5OS. The van der Waals surface area contributed by atoms with Gasteiger partial charge in [0.1, 0.15) is 0 Å². The predicted molar refractivity (Wildman–Crippen MR) is 86.4 cm³/mol. The monoisotopic (exact) mass is 343 g/mol. The molecule has 0 saturated carbocycles. The molecule has 6 nitrogen and oxygen atoms in total. The van der Waals surface area contributed by atoms with Crippen molar-refractivity contribution in [2.24, 2.45) is 12.8 Å². The zero-order chi connectivity index (χ0) is 15.6. The summed E-state index contributed by atoms with van der Waals surface area (Å²) in [4.78, 5) is 12.2. The first-order valence-corrected chi connectivity index (χ1v) is 6.90. The van der Waals surface area contributed by atoms with Gasteiger partial charge in [0.25, 0.3) is 5.91 Å². The molecule has 0 bridgehead atoms. The molecule has 1 aromatic heterocycles. The number of hydrogen-bond acceptors (Lipinski definition) is 3. The van der Waals surface area contributed by atoms with Crippen molar-refractivity contribution in [3.63, 3.8) is 0 Å². The van der Waals surface area contributed by atoms with E-state index in [4.69, 9.17) is 41.2 Å². The van der Waals surface area contributed by atoms with Crippen molar-refractivity contribution < 1.29 is 4.79 Å². The average Bonchev–Trinajstić information content (AvgIpc) is 2.74. The number of rotatable bonds is 2. The van der Waals surface area contributed by atoms with Gasteiger partial charge in [-0.05, 0) is 30.4 Å². The second kappa shape index (κ2) is 6.30. The van der Waals surface area contributed by atoms with Gasteiger partial charge in [-0.25, -0.2) is 5.01 Å². The van der Waals surface area contributed by atoms with Crippen LogP contribution in [0.3, 0.4) is 0 Å². The molecule has 1 aromatic carbocycles. The molecular weight excluding hydrogens is 333 g/mol. The van der Waals surface area contributed by atoms with E-state index in [-0.39, 0.29) is 15.8 Å². The van der Waals surface area contributed by atoms with E-state index in [1.807, 2.05) is 0 Å². The number of amides is 1. The van der Waals surface area contributed by atoms with E-state index in [1.54, 1.807) is 31.3 Å². The lowest BCUT2D eigenvalue weighted by Gasteiger charge is -2.23. The van der Waals surface area contributed by atoms with Crippen LogP contribution < -0.4 is 16.2 Å². The third-order valence-corrected chi connectivity index (χ3v) is 3.19. The molecule has 110 valence electrons. The summed E-state index contributed by atoms with van der Waals surface area (Å²) in [7, 11) is 1.66. The standard InChI is InChI=1S/C12H11Cl2N5OS/c1-18-6-9(14)10(16-18)11(20)17-19(12(15)21)8-4-2-3-7(13)5-8/h2-6H,1H3,(H2,15,21)(H,17,20). The molecule has 0 radical (unpaired) electrons. The maximum atomic E-state index is 12.2. The molecule has 0 unspecified atom stereocenters. The number of thiocarbonyl (C=S) groups is 1. The Morgan fingerprint density at radius 1 is 1.48 bits per heavy atom. The fourth-order valence-electron chi connectivity index (χ4n) is 1.63. The molecule has 0 aliphatic heterocycles. The number of nitrogens with one attached hydrogen (secondary N) is 1. The highest BCUT2D eigenvalue weighted by Gasteiger charge is 2.19. The van der Waals surface area contributed by atoms with Crippen molar-refractivity contribution in [1.82, 2.24) is 15.2 Å². The Kier molecular flexibility index (Phi) is 4.66. The van der Waals surface area contributed by atoms with Crippen LogP contribution in [0.25, 0.3) is 0 Å². The average molecular weight is 344 g/mol. The van der Waals surface area contributed by atoms with Gasteiger partial charge in [-0.3, -0.25) is 14.9 Å². The van der Waals surface area contributed by atoms with Crippen LogP contribution in [0, 0.1) is 0 Å². The summed E-state index contributed by atoms with van der Waals surface area (Å²) in [5.74, 6) is -0.534. The summed E-state index contributed by atoms with van der Waals surface area (Å²) in [6.45, 7) is 0. The molecule has 0 saturated heterocycles. The van der Waals surface area contributed by atoms with Crippen LogP contribution in [0.1, 0.15) is 10.5 Å². The molecule has 2 rings (SSSR count). The van der Waals surface area contributed by atoms with Gasteiger partial charge in [-0.15, -0.1) is 0 Å². The Bertz CT molecular complexity index is 703. The van der Waals surface area contributed by atoms with Crippen molar-refractivity contribution in [2.75, 3.05) is 5.01 Å². The molecule has 21 heavy (non-hydrogen) atoms. The van der Waals surface area contributed by atoms with Crippen molar-refractivity contribution in [3.05, 3.63) is 46.2 Å². The number of aryl methyl sites for hydroxylation is 1. The van der Waals surface area contributed by atoms with Crippen molar-refractivity contribution in [1.29, 1.82) is 0 Å². The fraction of sp³-hybridized carbons (Fsp3) is 0.0833. The maximum Gasteiger partial charge on any atom is 0.292 e. The molecule has 3 N–H and O–H groups in total. The molecule has 9 heteroatoms. The molecule has 1 heterocycles. The van der Waals surface area contributed by atoms with Crippen LogP contribution in [-0.4, -0.2) is 20.8 Å². The highest BCUT2D eigenvalue weighted by molar-refractivity contribution is 7.80. The number of hydrogen-bond donors (Lipinski definition) is 2. The summed E-state index contributed by atoms with van der Waals surface area (Å²) >= 11 is 16.8. The lowest BCUT2D eigenvalue weighted by atomic mass is 10.3. The van der Waals surface area contributed by atoms with E-state index in [0.29, 0.717) is 10.7 Å². The summed E-state index contributed by atoms with van der Waals surface area (Å²) in [6.07, 6.45) is 1.51. The number of aromatic nitrogens is 2. The van der Waals surface area contributed by atoms with Gasteiger partial charge in [0.2, 0.25) is 0 Å². The van der Waals surface area contributed by atoms with E-state index in [9.17, 15) is 4.79 Å². The number of hydrazine groups is 1. The summed E-state index contributed by atoms with van der Waals surface area (Å²) in [5.41, 5.74) is 8.76. The van der Waals surface area contributed by atoms with E-state index in [0.717, 1.165) is 0 Å². The Labute approximate surface area is 136 Å². The van der Waals surface area contributed by atoms with Gasteiger partial charge in [0.15, 0.2) is 10.8 Å². The Balaban J connectivity index is 2.27. The Morgan fingerprint density at radius 2 is 2.19 bits per heavy atom. The fourth-order valence-corrected chi connectivity index (χ4v) is 2.23. The number of anilines is 1. The van der Waals surface area contributed by atoms with Crippen LogP contribution in [0.4, 0.5) is 5.69 Å². The largest absolute Gasteiger partial charge is 0.374 e. The lowest BCUT2D eigenvalue weighted by molar-refractivity contribution is 0.0949. The maximum absolute atomic E-state index is 12.2. The van der Waals surface area contributed by atoms with E-state index in [1.165, 1.54) is 15.9 Å². The smallest absolute Gasteiger partial charge is 0.292 e. The molecule has 0 aliphatic carbocycles. The first-order valence-electron chi connectivity index (χ1n) is 5.73. The second-order valence-electron chi connectivity index (χ2n) is 4.09. The minimum Gasteiger partial charge on any atom is -0.374 e. The number of nitrogens with zero attached hydrogens (tertiary/aromatic N) is 3. The zero-order valence-electron chi connectivity index (χ0n) is 10.9. The minimum absolute atomic E-state index is 0.0438. The lowest BCUT2D eigenvalue weighted by Crippen LogP contribution is -2.49. The van der Waals surface area contributed by atoms with Crippen LogP contribution in [-0.2, 0) is 7.05 Å². The summed E-state index contributed by atoms with van der Waals surface area (Å²) < 4.78 is 1.43. The second-order valence-corrected chi connectivity index (χ2v) is 5.36. The van der Waals surface area contributed by atoms with Gasteiger partial charge in [0.05, 0.1) is 10.7 Å². The molecule has 1 amide bonds. The highest BCUT2D eigenvalue weighted by atomic mass is 35.5. The van der Waals surface area contributed by atoms with Crippen LogP contribution in [0.5, 0.6) is 0 Å². The molecule has 0 fully saturated rings. The van der Waals surface area contributed by atoms with E-state index in [2.05, 4.69) is 10.5 Å². The highest BCUT2D eigenvalue weighted by Crippen LogP contribution is 2.19. The zero-order valence-corrected chi connectivity index (χ0v) is 13.2. The van der Waals surface area contributed by atoms with Gasteiger partial charge < -0.3 is 5.73 Å². The molecule has 0 spiro atoms. The van der Waals surface area contributed by atoms with Crippen molar-refractivity contribution >= 4 is 52.1 Å². The van der Waals surface area contributed by atoms with Crippen LogP contribution in [0.2, 0.25) is 10.0 Å². The predicted octanol–water partition coefficient (Wildman–Crippen LogP) is 2.12. The minimum atomic E-state index is -0.534. The SMILES string of the molecule is Cn1cc(Cl)c(C(=O)NN(C(N)=S)c2cccc(Cl)c2)n1.